The Labute approximate surface area is 108 Å². The highest BCUT2D eigenvalue weighted by atomic mass is 32.2. The molecule has 1 N–H and O–H groups in total. The van der Waals surface area contributed by atoms with Crippen LogP contribution in [-0.2, 0) is 15.5 Å². The van der Waals surface area contributed by atoms with Gasteiger partial charge in [0.1, 0.15) is 0 Å². The fraction of sp³-hybridized carbons (Fsp3) is 1.00. The van der Waals surface area contributed by atoms with Crippen LogP contribution in [0.15, 0.2) is 0 Å². The number of hydrogen-bond donors (Lipinski definition) is 1. The molecule has 1 saturated heterocycles. The molecule has 0 aromatic heterocycles. The van der Waals surface area contributed by atoms with Gasteiger partial charge in [-0.2, -0.15) is 0 Å². The molecule has 0 radical (unpaired) electrons. The summed E-state index contributed by atoms with van der Waals surface area (Å²) >= 11 is 0. The first-order valence-electron chi connectivity index (χ1n) is 6.80. The van der Waals surface area contributed by atoms with E-state index in [1.54, 1.807) is 6.26 Å². The highest BCUT2D eigenvalue weighted by Crippen LogP contribution is 2.17. The van der Waals surface area contributed by atoms with Crippen LogP contribution in [0.1, 0.15) is 46.0 Å². The van der Waals surface area contributed by atoms with E-state index in [0.29, 0.717) is 17.4 Å². The lowest BCUT2D eigenvalue weighted by molar-refractivity contribution is -0.00308. The van der Waals surface area contributed by atoms with Crippen LogP contribution < -0.4 is 5.32 Å². The molecule has 1 aliphatic rings. The second kappa shape index (κ2) is 8.22. The van der Waals surface area contributed by atoms with Crippen LogP contribution in [0.3, 0.4) is 0 Å². The lowest BCUT2D eigenvalue weighted by Gasteiger charge is -2.30. The van der Waals surface area contributed by atoms with Gasteiger partial charge in [-0.3, -0.25) is 4.21 Å². The van der Waals surface area contributed by atoms with Gasteiger partial charge in [0.25, 0.3) is 0 Å². The molecular formula is C13H27NO2S. The van der Waals surface area contributed by atoms with Crippen molar-refractivity contribution in [1.82, 2.24) is 5.32 Å². The Kier molecular flexibility index (Phi) is 7.32. The summed E-state index contributed by atoms with van der Waals surface area (Å²) in [6.45, 7) is 6.13. The third kappa shape index (κ3) is 5.98. The second-order valence-electron chi connectivity index (χ2n) is 5.05. The third-order valence-electron chi connectivity index (χ3n) is 3.53. The molecule has 102 valence electrons. The van der Waals surface area contributed by atoms with Crippen molar-refractivity contribution in [3.63, 3.8) is 0 Å². The summed E-state index contributed by atoms with van der Waals surface area (Å²) in [4.78, 5) is 0. The smallest absolute Gasteiger partial charge is 0.0589 e. The van der Waals surface area contributed by atoms with Crippen molar-refractivity contribution in [3.8, 4) is 0 Å². The van der Waals surface area contributed by atoms with Crippen molar-refractivity contribution in [1.29, 1.82) is 0 Å². The van der Waals surface area contributed by atoms with Crippen molar-refractivity contribution in [2.45, 2.75) is 63.3 Å². The van der Waals surface area contributed by atoms with Crippen molar-refractivity contribution in [3.05, 3.63) is 0 Å². The highest BCUT2D eigenvalue weighted by molar-refractivity contribution is 7.84. The topological polar surface area (TPSA) is 38.3 Å². The average molecular weight is 261 g/mol. The quantitative estimate of drug-likeness (QED) is 0.762. The second-order valence-corrected chi connectivity index (χ2v) is 6.86. The van der Waals surface area contributed by atoms with Crippen LogP contribution in [0, 0.1) is 0 Å². The van der Waals surface area contributed by atoms with Crippen LogP contribution in [0.5, 0.6) is 0 Å². The molecule has 1 rings (SSSR count). The van der Waals surface area contributed by atoms with Gasteiger partial charge in [-0.25, -0.2) is 0 Å². The van der Waals surface area contributed by atoms with Crippen LogP contribution in [-0.4, -0.2) is 41.0 Å². The zero-order valence-corrected chi connectivity index (χ0v) is 12.2. The van der Waals surface area contributed by atoms with Gasteiger partial charge in [0.15, 0.2) is 0 Å². The van der Waals surface area contributed by atoms with Crippen LogP contribution in [0.25, 0.3) is 0 Å². The van der Waals surface area contributed by atoms with E-state index in [1.165, 1.54) is 12.8 Å². The monoisotopic (exact) mass is 261 g/mol. The highest BCUT2D eigenvalue weighted by Gasteiger charge is 2.21. The summed E-state index contributed by atoms with van der Waals surface area (Å²) in [5, 5.41) is 3.88. The number of rotatable bonds is 7. The molecule has 4 heteroatoms. The molecule has 0 spiro atoms. The van der Waals surface area contributed by atoms with Gasteiger partial charge < -0.3 is 10.1 Å². The summed E-state index contributed by atoms with van der Waals surface area (Å²) in [5.74, 6) is 0. The van der Waals surface area contributed by atoms with E-state index in [4.69, 9.17) is 4.74 Å². The van der Waals surface area contributed by atoms with Gasteiger partial charge in [-0.1, -0.05) is 20.3 Å². The fourth-order valence-electron chi connectivity index (χ4n) is 2.25. The fourth-order valence-corrected chi connectivity index (χ4v) is 2.70. The van der Waals surface area contributed by atoms with E-state index in [0.717, 1.165) is 32.4 Å². The van der Waals surface area contributed by atoms with Gasteiger partial charge >= 0.3 is 0 Å². The number of nitrogens with one attached hydrogen (secondary N) is 1. The molecule has 0 aromatic carbocycles. The normalized spacial score (nSPS) is 28.9. The maximum absolute atomic E-state index is 11.2. The van der Waals surface area contributed by atoms with Crippen molar-refractivity contribution < 1.29 is 8.95 Å². The van der Waals surface area contributed by atoms with E-state index < -0.39 is 10.8 Å². The Morgan fingerprint density at radius 3 is 2.94 bits per heavy atom. The Hall–Kier alpha value is 0.0700. The van der Waals surface area contributed by atoms with Gasteiger partial charge in [-0.15, -0.1) is 0 Å². The Morgan fingerprint density at radius 2 is 2.29 bits per heavy atom. The molecular weight excluding hydrogens is 234 g/mol. The molecule has 0 aromatic rings. The molecule has 4 atom stereocenters. The predicted octanol–water partition coefficient (Wildman–Crippen LogP) is 2.08. The lowest BCUT2D eigenvalue weighted by atomic mass is 10.00. The van der Waals surface area contributed by atoms with E-state index >= 15 is 0 Å². The summed E-state index contributed by atoms with van der Waals surface area (Å²) in [6, 6.07) is 0.595. The van der Waals surface area contributed by atoms with Gasteiger partial charge in [0, 0.05) is 35.0 Å². The van der Waals surface area contributed by atoms with E-state index in [-0.39, 0.29) is 0 Å². The summed E-state index contributed by atoms with van der Waals surface area (Å²) in [7, 11) is -0.691. The van der Waals surface area contributed by atoms with Gasteiger partial charge in [0.05, 0.1) is 6.10 Å². The number of hydrogen-bond acceptors (Lipinski definition) is 3. The Bertz CT molecular complexity index is 233. The minimum absolute atomic E-state index is 0.300. The van der Waals surface area contributed by atoms with Gasteiger partial charge in [-0.05, 0) is 32.2 Å². The Morgan fingerprint density at radius 1 is 1.53 bits per heavy atom. The molecule has 1 aliphatic heterocycles. The molecule has 4 unspecified atom stereocenters. The van der Waals surface area contributed by atoms with Crippen molar-refractivity contribution in [2.75, 3.05) is 19.4 Å². The maximum Gasteiger partial charge on any atom is 0.0589 e. The minimum Gasteiger partial charge on any atom is -0.378 e. The average Bonchev–Trinajstić information content (AvgIpc) is 2.29. The van der Waals surface area contributed by atoms with Crippen molar-refractivity contribution in [2.24, 2.45) is 0 Å². The van der Waals surface area contributed by atoms with E-state index in [1.807, 2.05) is 0 Å². The standard InChI is InChI=1S/C13H27NO2S/c1-4-5-13-10-12(7-9-16-13)14-8-6-11(2)17(3)15/h11-14H,4-10H2,1-3H3. The molecule has 0 bridgehead atoms. The molecule has 17 heavy (non-hydrogen) atoms. The molecule has 0 amide bonds. The lowest BCUT2D eigenvalue weighted by Crippen LogP contribution is -2.40. The first kappa shape index (κ1) is 15.1. The Balaban J connectivity index is 2.16. The van der Waals surface area contributed by atoms with Gasteiger partial charge in [0.2, 0.25) is 0 Å². The third-order valence-corrected chi connectivity index (χ3v) is 4.90. The minimum atomic E-state index is -0.691. The van der Waals surface area contributed by atoms with E-state index in [9.17, 15) is 4.21 Å². The first-order valence-corrected chi connectivity index (χ1v) is 8.42. The molecule has 1 fully saturated rings. The number of ether oxygens (including phenoxy) is 1. The summed E-state index contributed by atoms with van der Waals surface area (Å²) in [5.41, 5.74) is 0. The molecule has 0 aliphatic carbocycles. The van der Waals surface area contributed by atoms with Crippen molar-refractivity contribution >= 4 is 10.8 Å². The summed E-state index contributed by atoms with van der Waals surface area (Å²) < 4.78 is 17.0. The molecule has 3 nitrogen and oxygen atoms in total. The zero-order valence-electron chi connectivity index (χ0n) is 11.4. The zero-order chi connectivity index (χ0) is 12.7. The SMILES string of the molecule is CCCC1CC(NCCC(C)S(C)=O)CCO1. The largest absolute Gasteiger partial charge is 0.378 e. The first-order chi connectivity index (χ1) is 8.13. The van der Waals surface area contributed by atoms with Crippen LogP contribution in [0.4, 0.5) is 0 Å². The summed E-state index contributed by atoms with van der Waals surface area (Å²) in [6.07, 6.45) is 7.86. The predicted molar refractivity (Wildman–Crippen MR) is 73.8 cm³/mol. The molecule has 1 heterocycles. The molecule has 0 saturated carbocycles. The van der Waals surface area contributed by atoms with E-state index in [2.05, 4.69) is 19.2 Å². The maximum atomic E-state index is 11.2. The van der Waals surface area contributed by atoms with Crippen LogP contribution in [0.2, 0.25) is 0 Å². The van der Waals surface area contributed by atoms with Crippen LogP contribution >= 0.6 is 0 Å².